The molecule has 0 aromatic heterocycles. The number of Topliss-reactive ketones (excluding diaryl/α,β-unsaturated/α-hetero) is 1. The first-order valence-electron chi connectivity index (χ1n) is 7.59. The van der Waals surface area contributed by atoms with Crippen LogP contribution < -0.4 is 0 Å². The zero-order chi connectivity index (χ0) is 13.1. The van der Waals surface area contributed by atoms with Gasteiger partial charge in [0.25, 0.3) is 0 Å². The average molecular weight is 258 g/mol. The average Bonchev–Trinajstić information content (AvgIpc) is 2.75. The Morgan fingerprint density at radius 1 is 1.05 bits per heavy atom. The lowest BCUT2D eigenvalue weighted by atomic mass is 9.86. The topological polar surface area (TPSA) is 26.3 Å². The third-order valence-electron chi connectivity index (χ3n) is 4.51. The van der Waals surface area contributed by atoms with E-state index in [2.05, 4.69) is 18.2 Å². The third-order valence-corrected chi connectivity index (χ3v) is 4.51. The second-order valence-corrected chi connectivity index (χ2v) is 5.79. The van der Waals surface area contributed by atoms with Gasteiger partial charge in [0, 0.05) is 5.92 Å². The molecule has 1 aliphatic heterocycles. The van der Waals surface area contributed by atoms with E-state index in [-0.39, 0.29) is 12.0 Å². The van der Waals surface area contributed by atoms with E-state index >= 15 is 0 Å². The smallest absolute Gasteiger partial charge is 0.169 e. The van der Waals surface area contributed by atoms with Crippen LogP contribution >= 0.6 is 0 Å². The highest BCUT2D eigenvalue weighted by Gasteiger charge is 2.32. The molecule has 1 heterocycles. The molecule has 2 heteroatoms. The highest BCUT2D eigenvalue weighted by Crippen LogP contribution is 2.33. The van der Waals surface area contributed by atoms with Gasteiger partial charge in [-0.25, -0.2) is 0 Å². The molecule has 19 heavy (non-hydrogen) atoms. The van der Waals surface area contributed by atoms with Gasteiger partial charge in [0.1, 0.15) is 6.10 Å². The lowest BCUT2D eigenvalue weighted by Gasteiger charge is -2.27. The summed E-state index contributed by atoms with van der Waals surface area (Å²) < 4.78 is 5.81. The van der Waals surface area contributed by atoms with Crippen LogP contribution in [0.15, 0.2) is 24.3 Å². The Labute approximate surface area is 115 Å². The van der Waals surface area contributed by atoms with Crippen LogP contribution in [0.5, 0.6) is 0 Å². The Balaban J connectivity index is 1.80. The largest absolute Gasteiger partial charge is 0.365 e. The van der Waals surface area contributed by atoms with Gasteiger partial charge >= 0.3 is 0 Å². The normalized spacial score (nSPS) is 24.5. The summed E-state index contributed by atoms with van der Waals surface area (Å²) in [5.74, 6) is 0.549. The van der Waals surface area contributed by atoms with Crippen LogP contribution in [-0.2, 0) is 16.0 Å². The van der Waals surface area contributed by atoms with Gasteiger partial charge in [-0.1, -0.05) is 49.9 Å². The summed E-state index contributed by atoms with van der Waals surface area (Å²) in [5.41, 5.74) is 2.41. The second-order valence-electron chi connectivity index (χ2n) is 5.79. The van der Waals surface area contributed by atoms with Crippen LogP contribution in [0.2, 0.25) is 0 Å². The van der Waals surface area contributed by atoms with Gasteiger partial charge in [0.2, 0.25) is 0 Å². The number of benzene rings is 1. The van der Waals surface area contributed by atoms with E-state index in [9.17, 15) is 4.79 Å². The quantitative estimate of drug-likeness (QED) is 0.753. The van der Waals surface area contributed by atoms with Crippen molar-refractivity contribution >= 4 is 5.78 Å². The number of rotatable bonds is 2. The molecule has 0 bridgehead atoms. The minimum absolute atomic E-state index is 0.221. The highest BCUT2D eigenvalue weighted by atomic mass is 16.5. The van der Waals surface area contributed by atoms with Crippen LogP contribution in [0.1, 0.15) is 55.8 Å². The Morgan fingerprint density at radius 2 is 1.79 bits per heavy atom. The Morgan fingerprint density at radius 3 is 2.58 bits per heavy atom. The zero-order valence-corrected chi connectivity index (χ0v) is 11.4. The molecule has 0 radical (unpaired) electrons. The molecule has 0 spiro atoms. The van der Waals surface area contributed by atoms with E-state index in [0.29, 0.717) is 12.4 Å². The van der Waals surface area contributed by atoms with Crippen LogP contribution in [0.4, 0.5) is 0 Å². The number of hydrogen-bond acceptors (Lipinski definition) is 2. The molecule has 1 unspecified atom stereocenters. The minimum atomic E-state index is -0.298. The van der Waals surface area contributed by atoms with Gasteiger partial charge in [-0.15, -0.1) is 0 Å². The maximum absolute atomic E-state index is 12.7. The molecule has 1 fully saturated rings. The van der Waals surface area contributed by atoms with Gasteiger partial charge in [0.05, 0.1) is 6.61 Å². The molecule has 1 aliphatic carbocycles. The summed E-state index contributed by atoms with van der Waals surface area (Å²) in [4.78, 5) is 12.7. The van der Waals surface area contributed by atoms with E-state index in [1.165, 1.54) is 31.2 Å². The summed E-state index contributed by atoms with van der Waals surface area (Å²) in [7, 11) is 0. The van der Waals surface area contributed by atoms with Crippen LogP contribution in [-0.4, -0.2) is 12.4 Å². The van der Waals surface area contributed by atoms with E-state index in [1.807, 2.05) is 6.07 Å². The maximum atomic E-state index is 12.7. The fourth-order valence-electron chi connectivity index (χ4n) is 3.41. The lowest BCUT2D eigenvalue weighted by molar-refractivity contribution is -0.136. The molecule has 0 amide bonds. The molecule has 0 N–H and O–H groups in total. The van der Waals surface area contributed by atoms with Crippen molar-refractivity contribution in [1.82, 2.24) is 0 Å². The third kappa shape index (κ3) is 2.74. The van der Waals surface area contributed by atoms with Crippen molar-refractivity contribution in [2.24, 2.45) is 5.92 Å². The number of ether oxygens (including phenoxy) is 1. The first-order valence-corrected chi connectivity index (χ1v) is 7.59. The Hall–Kier alpha value is -1.15. The van der Waals surface area contributed by atoms with Crippen molar-refractivity contribution in [1.29, 1.82) is 0 Å². The van der Waals surface area contributed by atoms with Gasteiger partial charge < -0.3 is 4.74 Å². The number of carbonyl (C=O) groups is 1. The molecule has 1 saturated carbocycles. The van der Waals surface area contributed by atoms with E-state index in [1.54, 1.807) is 0 Å². The Kier molecular flexibility index (Phi) is 3.97. The Bertz CT molecular complexity index is 444. The first-order chi connectivity index (χ1) is 9.36. The molecular weight excluding hydrogens is 236 g/mol. The molecule has 1 aromatic carbocycles. The van der Waals surface area contributed by atoms with E-state index in [0.717, 1.165) is 24.8 Å². The minimum Gasteiger partial charge on any atom is -0.365 e. The molecule has 2 nitrogen and oxygen atoms in total. The fraction of sp³-hybridized carbons (Fsp3) is 0.588. The standard InChI is InChI=1S/C17H22O2/c18-16(14-8-3-1-2-4-9-14)17-15-10-6-5-7-13(15)11-12-19-17/h5-7,10,14,17H,1-4,8-9,11-12H2. The summed E-state index contributed by atoms with van der Waals surface area (Å²) in [6.07, 6.45) is 7.72. The van der Waals surface area contributed by atoms with Gasteiger partial charge in [-0.2, -0.15) is 0 Å². The van der Waals surface area contributed by atoms with Crippen molar-refractivity contribution in [3.8, 4) is 0 Å². The molecule has 3 rings (SSSR count). The second kappa shape index (κ2) is 5.87. The number of ketones is 1. The van der Waals surface area contributed by atoms with Gasteiger partial charge in [-0.3, -0.25) is 4.79 Å². The number of carbonyl (C=O) groups excluding carboxylic acids is 1. The van der Waals surface area contributed by atoms with Crippen LogP contribution in [0, 0.1) is 5.92 Å². The van der Waals surface area contributed by atoms with Gasteiger partial charge in [-0.05, 0) is 30.4 Å². The van der Waals surface area contributed by atoms with Gasteiger partial charge in [0.15, 0.2) is 5.78 Å². The lowest BCUT2D eigenvalue weighted by Crippen LogP contribution is -2.28. The highest BCUT2D eigenvalue weighted by molar-refractivity contribution is 5.87. The number of fused-ring (bicyclic) bond motifs is 1. The number of hydrogen-bond donors (Lipinski definition) is 0. The predicted molar refractivity (Wildman–Crippen MR) is 75.0 cm³/mol. The maximum Gasteiger partial charge on any atom is 0.169 e. The summed E-state index contributed by atoms with van der Waals surface area (Å²) in [6, 6.07) is 8.26. The van der Waals surface area contributed by atoms with Crippen LogP contribution in [0.25, 0.3) is 0 Å². The van der Waals surface area contributed by atoms with Crippen LogP contribution in [0.3, 0.4) is 0 Å². The molecule has 2 aliphatic rings. The SMILES string of the molecule is O=C(C1CCCCCC1)C1OCCc2ccccc21. The van der Waals surface area contributed by atoms with Crippen molar-refractivity contribution in [3.05, 3.63) is 35.4 Å². The van der Waals surface area contributed by atoms with Crippen molar-refractivity contribution in [2.45, 2.75) is 51.0 Å². The van der Waals surface area contributed by atoms with Crippen molar-refractivity contribution in [3.63, 3.8) is 0 Å². The monoisotopic (exact) mass is 258 g/mol. The molecular formula is C17H22O2. The molecule has 1 aromatic rings. The van der Waals surface area contributed by atoms with E-state index in [4.69, 9.17) is 4.74 Å². The summed E-state index contributed by atoms with van der Waals surface area (Å²) in [5, 5.41) is 0. The molecule has 0 saturated heterocycles. The van der Waals surface area contributed by atoms with E-state index < -0.39 is 0 Å². The molecule has 1 atom stereocenters. The summed E-state index contributed by atoms with van der Waals surface area (Å²) >= 11 is 0. The zero-order valence-electron chi connectivity index (χ0n) is 11.4. The summed E-state index contributed by atoms with van der Waals surface area (Å²) in [6.45, 7) is 0.681. The molecule has 102 valence electrons. The predicted octanol–water partition coefficient (Wildman–Crippen LogP) is 3.84. The first kappa shape index (κ1) is 12.9. The van der Waals surface area contributed by atoms with Crippen molar-refractivity contribution < 1.29 is 9.53 Å². The van der Waals surface area contributed by atoms with Crippen molar-refractivity contribution in [2.75, 3.05) is 6.61 Å². The fourth-order valence-corrected chi connectivity index (χ4v) is 3.41.